The van der Waals surface area contributed by atoms with Gasteiger partial charge >= 0.3 is 0 Å². The molecule has 138 valence electrons. The fourth-order valence-corrected chi connectivity index (χ4v) is 3.79. The van der Waals surface area contributed by atoms with Gasteiger partial charge in [-0.2, -0.15) is 0 Å². The molecule has 0 radical (unpaired) electrons. The first-order valence-electron chi connectivity index (χ1n) is 8.32. The summed E-state index contributed by atoms with van der Waals surface area (Å²) in [6.45, 7) is 0. The van der Waals surface area contributed by atoms with Crippen LogP contribution < -0.4 is 10.2 Å². The zero-order chi connectivity index (χ0) is 19.3. The number of hydrogen-bond donors (Lipinski definition) is 1. The Hall–Kier alpha value is -3.29. The van der Waals surface area contributed by atoms with E-state index in [4.69, 9.17) is 0 Å². The third-order valence-electron chi connectivity index (χ3n) is 5.03. The van der Waals surface area contributed by atoms with Gasteiger partial charge in [0.2, 0.25) is 11.6 Å². The summed E-state index contributed by atoms with van der Waals surface area (Å²) in [4.78, 5) is 41.1. The third kappa shape index (κ3) is 2.40. The van der Waals surface area contributed by atoms with Crippen molar-refractivity contribution < 1.29 is 23.2 Å². The number of nitrogens with one attached hydrogen (secondary N) is 1. The molecule has 0 aliphatic carbocycles. The Morgan fingerprint density at radius 2 is 1.78 bits per heavy atom. The first-order chi connectivity index (χ1) is 12.8. The Kier molecular flexibility index (Phi) is 3.73. The molecule has 2 aliphatic rings. The molecule has 2 aromatic rings. The van der Waals surface area contributed by atoms with Crippen molar-refractivity contribution in [3.8, 4) is 0 Å². The molecule has 0 unspecified atom stereocenters. The van der Waals surface area contributed by atoms with Crippen LogP contribution in [0, 0.1) is 11.6 Å². The molecule has 4 rings (SSSR count). The van der Waals surface area contributed by atoms with Crippen LogP contribution >= 0.6 is 0 Å². The maximum Gasteiger partial charge on any atom is 0.271 e. The number of halogens is 2. The van der Waals surface area contributed by atoms with Gasteiger partial charge in [-0.25, -0.2) is 8.78 Å². The molecule has 8 heteroatoms. The molecule has 6 nitrogen and oxygen atoms in total. The number of carbonyl (C=O) groups excluding carboxylic acids is 3. The van der Waals surface area contributed by atoms with Crippen molar-refractivity contribution in [1.82, 2.24) is 4.90 Å². The van der Waals surface area contributed by atoms with E-state index in [1.165, 1.54) is 16.8 Å². The molecule has 1 saturated heterocycles. The molecule has 2 heterocycles. The molecule has 2 aromatic carbocycles. The van der Waals surface area contributed by atoms with E-state index in [0.717, 1.165) is 12.1 Å². The van der Waals surface area contributed by atoms with Crippen LogP contribution in [0.15, 0.2) is 42.5 Å². The second kappa shape index (κ2) is 5.87. The van der Waals surface area contributed by atoms with E-state index in [0.29, 0.717) is 17.3 Å². The van der Waals surface area contributed by atoms with Gasteiger partial charge in [0.25, 0.3) is 11.8 Å². The number of benzene rings is 2. The van der Waals surface area contributed by atoms with E-state index in [2.05, 4.69) is 5.32 Å². The predicted octanol–water partition coefficient (Wildman–Crippen LogP) is 2.51. The van der Waals surface area contributed by atoms with E-state index in [1.54, 1.807) is 24.3 Å². The molecule has 1 N–H and O–H groups in total. The first kappa shape index (κ1) is 17.1. The Morgan fingerprint density at radius 3 is 2.48 bits per heavy atom. The highest BCUT2D eigenvalue weighted by Gasteiger charge is 2.59. The molecular formula is C19H15F2N3O3. The minimum absolute atomic E-state index is 0.0664. The van der Waals surface area contributed by atoms with E-state index >= 15 is 0 Å². The number of amides is 3. The molecule has 0 saturated carbocycles. The zero-order valence-corrected chi connectivity index (χ0v) is 14.3. The highest BCUT2D eigenvalue weighted by atomic mass is 19.1. The largest absolute Gasteiger partial charge is 0.322 e. The van der Waals surface area contributed by atoms with Crippen molar-refractivity contribution >= 4 is 29.1 Å². The lowest BCUT2D eigenvalue weighted by Crippen LogP contribution is -2.68. The second-order valence-electron chi connectivity index (χ2n) is 6.54. The van der Waals surface area contributed by atoms with Crippen LogP contribution in [0.4, 0.5) is 20.2 Å². The van der Waals surface area contributed by atoms with Crippen molar-refractivity contribution in [1.29, 1.82) is 0 Å². The van der Waals surface area contributed by atoms with Gasteiger partial charge < -0.3 is 10.2 Å². The van der Waals surface area contributed by atoms with Crippen molar-refractivity contribution in [3.63, 3.8) is 0 Å². The number of hydrogen-bond acceptors (Lipinski definition) is 3. The Bertz CT molecular complexity index is 974. The Morgan fingerprint density at radius 1 is 1.11 bits per heavy atom. The van der Waals surface area contributed by atoms with Gasteiger partial charge in [-0.15, -0.1) is 0 Å². The Balaban J connectivity index is 1.81. The summed E-state index contributed by atoms with van der Waals surface area (Å²) in [5.74, 6) is -3.11. The lowest BCUT2D eigenvalue weighted by atomic mass is 9.96. The number of nitrogens with zero attached hydrogens (tertiary/aromatic N) is 2. The predicted molar refractivity (Wildman–Crippen MR) is 93.0 cm³/mol. The molecule has 27 heavy (non-hydrogen) atoms. The van der Waals surface area contributed by atoms with Crippen molar-refractivity contribution in [2.45, 2.75) is 18.5 Å². The number of rotatable bonds is 2. The Labute approximate surface area is 153 Å². The van der Waals surface area contributed by atoms with Gasteiger partial charge in [-0.3, -0.25) is 19.3 Å². The van der Waals surface area contributed by atoms with Gasteiger partial charge in [0.05, 0.1) is 11.3 Å². The molecular weight excluding hydrogens is 356 g/mol. The molecule has 1 atom stereocenters. The summed E-state index contributed by atoms with van der Waals surface area (Å²) in [6, 6.07) is 9.17. The fourth-order valence-electron chi connectivity index (χ4n) is 3.79. The number of carbonyl (C=O) groups is 3. The smallest absolute Gasteiger partial charge is 0.271 e. The average Bonchev–Trinajstić information content (AvgIpc) is 2.97. The van der Waals surface area contributed by atoms with Crippen LogP contribution in [-0.2, 0) is 9.59 Å². The first-order valence-corrected chi connectivity index (χ1v) is 8.32. The minimum Gasteiger partial charge on any atom is -0.322 e. The molecule has 0 aromatic heterocycles. The van der Waals surface area contributed by atoms with Gasteiger partial charge in [-0.05, 0) is 24.3 Å². The van der Waals surface area contributed by atoms with Crippen molar-refractivity contribution in [2.24, 2.45) is 0 Å². The van der Waals surface area contributed by atoms with E-state index in [9.17, 15) is 23.2 Å². The average molecular weight is 371 g/mol. The van der Waals surface area contributed by atoms with Crippen LogP contribution in [-0.4, -0.2) is 35.3 Å². The monoisotopic (exact) mass is 371 g/mol. The normalized spacial score (nSPS) is 21.1. The summed E-state index contributed by atoms with van der Waals surface area (Å²) in [7, 11) is 1.44. The molecule has 0 spiro atoms. The fraction of sp³-hybridized carbons (Fsp3) is 0.211. The minimum atomic E-state index is -1.59. The lowest BCUT2D eigenvalue weighted by molar-refractivity contribution is -0.128. The number of anilines is 2. The van der Waals surface area contributed by atoms with Crippen molar-refractivity contribution in [2.75, 3.05) is 17.3 Å². The number of para-hydroxylation sites is 1. The highest BCUT2D eigenvalue weighted by molar-refractivity contribution is 6.18. The van der Waals surface area contributed by atoms with Crippen LogP contribution in [0.2, 0.25) is 0 Å². The van der Waals surface area contributed by atoms with E-state index in [1.807, 2.05) is 0 Å². The second-order valence-corrected chi connectivity index (χ2v) is 6.54. The standard InChI is InChI=1S/C19H15F2N3O3/c1-23-17(26)14-4-2-3-5-15(14)24-16(25)6-7-19(23,24)18(27)22-13-9-11(20)8-12(21)10-13/h2-5,8-10H,6-7H2,1H3,(H,22,27)/t19-/m0/s1. The van der Waals surface area contributed by atoms with Crippen LogP contribution in [0.25, 0.3) is 0 Å². The highest BCUT2D eigenvalue weighted by Crippen LogP contribution is 2.44. The van der Waals surface area contributed by atoms with Gasteiger partial charge in [-0.1, -0.05) is 12.1 Å². The summed E-state index contributed by atoms with van der Waals surface area (Å²) < 4.78 is 26.9. The third-order valence-corrected chi connectivity index (χ3v) is 5.03. The number of fused-ring (bicyclic) bond motifs is 3. The van der Waals surface area contributed by atoms with Crippen molar-refractivity contribution in [3.05, 3.63) is 59.7 Å². The van der Waals surface area contributed by atoms with Crippen LogP contribution in [0.3, 0.4) is 0 Å². The van der Waals surface area contributed by atoms with E-state index in [-0.39, 0.29) is 24.4 Å². The van der Waals surface area contributed by atoms with Crippen LogP contribution in [0.1, 0.15) is 23.2 Å². The quantitative estimate of drug-likeness (QED) is 0.882. The van der Waals surface area contributed by atoms with Gasteiger partial charge in [0.1, 0.15) is 11.6 Å². The summed E-state index contributed by atoms with van der Waals surface area (Å²) >= 11 is 0. The summed E-state index contributed by atoms with van der Waals surface area (Å²) in [6.07, 6.45) is 0.142. The zero-order valence-electron chi connectivity index (χ0n) is 14.3. The molecule has 0 bridgehead atoms. The lowest BCUT2D eigenvalue weighted by Gasteiger charge is -2.47. The molecule has 1 fully saturated rings. The van der Waals surface area contributed by atoms with Crippen LogP contribution in [0.5, 0.6) is 0 Å². The van der Waals surface area contributed by atoms with E-state index < -0.39 is 29.1 Å². The topological polar surface area (TPSA) is 69.7 Å². The summed E-state index contributed by atoms with van der Waals surface area (Å²) in [5.41, 5.74) is -1.02. The van der Waals surface area contributed by atoms with Gasteiger partial charge in [0, 0.05) is 31.6 Å². The summed E-state index contributed by atoms with van der Waals surface area (Å²) in [5, 5.41) is 2.45. The maximum atomic E-state index is 13.5. The molecule has 2 aliphatic heterocycles. The number of likely N-dealkylation sites (N-methyl/N-ethyl adjacent to an activating group) is 1. The SMILES string of the molecule is CN1C(=O)c2ccccc2N2C(=O)CC[C@]12C(=O)Nc1cc(F)cc(F)c1. The van der Waals surface area contributed by atoms with Gasteiger partial charge in [0.15, 0.2) is 0 Å². The maximum absolute atomic E-state index is 13.5. The molecule has 3 amide bonds.